The molecule has 3 rings (SSSR count). The summed E-state index contributed by atoms with van der Waals surface area (Å²) in [6.45, 7) is 2.77. The summed E-state index contributed by atoms with van der Waals surface area (Å²) in [5.41, 5.74) is 3.17. The largest absolute Gasteiger partial charge is 0.493 e. The number of hydrogen-bond acceptors (Lipinski definition) is 3. The lowest BCUT2D eigenvalue weighted by molar-refractivity contribution is -0.113. The van der Waals surface area contributed by atoms with Crippen LogP contribution in [0.3, 0.4) is 0 Å². The van der Waals surface area contributed by atoms with Gasteiger partial charge in [0.1, 0.15) is 5.75 Å². The Labute approximate surface area is 142 Å². The number of aryl methyl sites for hydroxylation is 1. The molecule has 3 nitrogen and oxygen atoms in total. The van der Waals surface area contributed by atoms with E-state index in [0.717, 1.165) is 39.4 Å². The van der Waals surface area contributed by atoms with E-state index in [1.165, 1.54) is 5.56 Å². The molecular weight excluding hydrogens is 362 g/mol. The molecule has 2 aromatic rings. The number of ether oxygens (including phenoxy) is 1. The van der Waals surface area contributed by atoms with E-state index in [1.54, 1.807) is 11.8 Å². The lowest BCUT2D eigenvalue weighted by atomic mass is 10.1. The zero-order valence-electron chi connectivity index (χ0n) is 12.2. The van der Waals surface area contributed by atoms with Gasteiger partial charge < -0.3 is 10.1 Å². The van der Waals surface area contributed by atoms with Crippen molar-refractivity contribution >= 4 is 39.3 Å². The van der Waals surface area contributed by atoms with Gasteiger partial charge in [-0.1, -0.05) is 15.9 Å². The summed E-state index contributed by atoms with van der Waals surface area (Å²) in [5, 5.41) is 2.95. The summed E-state index contributed by atoms with van der Waals surface area (Å²) in [6, 6.07) is 11.9. The van der Waals surface area contributed by atoms with Crippen molar-refractivity contribution in [3.05, 3.63) is 52.0 Å². The fourth-order valence-electron chi connectivity index (χ4n) is 2.38. The van der Waals surface area contributed by atoms with Gasteiger partial charge in [0.05, 0.1) is 12.4 Å². The molecule has 1 aliphatic rings. The van der Waals surface area contributed by atoms with Crippen molar-refractivity contribution in [3.8, 4) is 5.75 Å². The van der Waals surface area contributed by atoms with Crippen molar-refractivity contribution in [1.29, 1.82) is 0 Å². The molecule has 0 saturated heterocycles. The van der Waals surface area contributed by atoms with Crippen LogP contribution >= 0.6 is 27.7 Å². The Hall–Kier alpha value is -1.46. The molecule has 5 heteroatoms. The van der Waals surface area contributed by atoms with Crippen LogP contribution in [0.15, 0.2) is 45.8 Å². The first-order valence-electron chi connectivity index (χ1n) is 7.06. The molecule has 0 fully saturated rings. The van der Waals surface area contributed by atoms with Gasteiger partial charge in [0.15, 0.2) is 0 Å². The Kier molecular flexibility index (Phi) is 4.74. The molecule has 1 aliphatic heterocycles. The number of fused-ring (bicyclic) bond motifs is 1. The summed E-state index contributed by atoms with van der Waals surface area (Å²) in [5.74, 6) is 1.33. The molecular formula is C17H16BrNO2S. The predicted molar refractivity (Wildman–Crippen MR) is 93.9 cm³/mol. The highest BCUT2D eigenvalue weighted by molar-refractivity contribution is 9.10. The molecule has 2 aromatic carbocycles. The zero-order chi connectivity index (χ0) is 15.5. The van der Waals surface area contributed by atoms with Crippen molar-refractivity contribution in [2.45, 2.75) is 18.2 Å². The van der Waals surface area contributed by atoms with Gasteiger partial charge in [-0.15, -0.1) is 11.8 Å². The van der Waals surface area contributed by atoms with Gasteiger partial charge in [-0.2, -0.15) is 0 Å². The third kappa shape index (κ3) is 3.65. The van der Waals surface area contributed by atoms with Crippen LogP contribution in [0.4, 0.5) is 5.69 Å². The van der Waals surface area contributed by atoms with Crippen LogP contribution in [0, 0.1) is 6.92 Å². The first-order chi connectivity index (χ1) is 10.6. The smallest absolute Gasteiger partial charge is 0.234 e. The molecule has 0 atom stereocenters. The fraction of sp³-hybridized carbons (Fsp3) is 0.235. The quantitative estimate of drug-likeness (QED) is 0.801. The van der Waals surface area contributed by atoms with Crippen molar-refractivity contribution in [1.82, 2.24) is 0 Å². The first-order valence-corrected chi connectivity index (χ1v) is 8.84. The SMILES string of the molecule is Cc1cc(Br)ccc1SCC(=O)Nc1ccc2c(c1)CCO2. The zero-order valence-corrected chi connectivity index (χ0v) is 14.6. The maximum absolute atomic E-state index is 12.1. The number of halogens is 1. The van der Waals surface area contributed by atoms with Crippen LogP contribution in [0.5, 0.6) is 5.75 Å². The maximum Gasteiger partial charge on any atom is 0.234 e. The molecule has 114 valence electrons. The first kappa shape index (κ1) is 15.4. The molecule has 0 aromatic heterocycles. The van der Waals surface area contributed by atoms with Gasteiger partial charge in [0.25, 0.3) is 0 Å². The van der Waals surface area contributed by atoms with Crippen molar-refractivity contribution < 1.29 is 9.53 Å². The van der Waals surface area contributed by atoms with Gasteiger partial charge in [-0.25, -0.2) is 0 Å². The lowest BCUT2D eigenvalue weighted by Crippen LogP contribution is -2.14. The Bertz CT molecular complexity index is 718. The highest BCUT2D eigenvalue weighted by Crippen LogP contribution is 2.28. The second-order valence-corrected chi connectivity index (χ2v) is 7.10. The molecule has 0 saturated carbocycles. The topological polar surface area (TPSA) is 38.3 Å². The minimum Gasteiger partial charge on any atom is -0.493 e. The van der Waals surface area contributed by atoms with Crippen molar-refractivity contribution in [2.75, 3.05) is 17.7 Å². The molecule has 0 spiro atoms. The summed E-state index contributed by atoms with van der Waals surface area (Å²) >= 11 is 5.00. The number of carbonyl (C=O) groups excluding carboxylic acids is 1. The van der Waals surface area contributed by atoms with Crippen LogP contribution in [0.2, 0.25) is 0 Å². The second kappa shape index (κ2) is 6.75. The highest BCUT2D eigenvalue weighted by Gasteiger charge is 2.13. The van der Waals surface area contributed by atoms with E-state index < -0.39 is 0 Å². The summed E-state index contributed by atoms with van der Waals surface area (Å²) in [7, 11) is 0. The number of nitrogens with one attached hydrogen (secondary N) is 1. The van der Waals surface area contributed by atoms with E-state index in [4.69, 9.17) is 4.74 Å². The average Bonchev–Trinajstić information content (AvgIpc) is 2.94. The predicted octanol–water partition coefficient (Wildman–Crippen LogP) is 4.42. The Morgan fingerprint density at radius 1 is 1.32 bits per heavy atom. The van der Waals surface area contributed by atoms with E-state index in [9.17, 15) is 4.79 Å². The van der Waals surface area contributed by atoms with Crippen LogP contribution in [0.1, 0.15) is 11.1 Å². The minimum atomic E-state index is 0.00573. The van der Waals surface area contributed by atoms with E-state index in [0.29, 0.717) is 5.75 Å². The molecule has 0 aliphatic carbocycles. The van der Waals surface area contributed by atoms with Gasteiger partial charge in [-0.3, -0.25) is 4.79 Å². The lowest BCUT2D eigenvalue weighted by Gasteiger charge is -2.08. The summed E-state index contributed by atoms with van der Waals surface area (Å²) in [4.78, 5) is 13.2. The molecule has 1 heterocycles. The number of hydrogen-bond donors (Lipinski definition) is 1. The Morgan fingerprint density at radius 3 is 3.00 bits per heavy atom. The third-order valence-corrected chi connectivity index (χ3v) is 5.14. The molecule has 0 radical (unpaired) electrons. The number of anilines is 1. The number of rotatable bonds is 4. The molecule has 1 amide bonds. The van der Waals surface area contributed by atoms with Crippen LogP contribution in [0.25, 0.3) is 0 Å². The van der Waals surface area contributed by atoms with Crippen molar-refractivity contribution in [2.24, 2.45) is 0 Å². The summed E-state index contributed by atoms with van der Waals surface area (Å²) < 4.78 is 6.52. The number of amides is 1. The Balaban J connectivity index is 1.58. The monoisotopic (exact) mass is 377 g/mol. The number of thioether (sulfide) groups is 1. The molecule has 1 N–H and O–H groups in total. The molecule has 22 heavy (non-hydrogen) atoms. The second-order valence-electron chi connectivity index (χ2n) is 5.17. The van der Waals surface area contributed by atoms with E-state index in [1.807, 2.05) is 37.3 Å². The van der Waals surface area contributed by atoms with E-state index in [-0.39, 0.29) is 5.91 Å². The highest BCUT2D eigenvalue weighted by atomic mass is 79.9. The summed E-state index contributed by atoms with van der Waals surface area (Å²) in [6.07, 6.45) is 0.909. The van der Waals surface area contributed by atoms with Crippen LogP contribution in [-0.4, -0.2) is 18.3 Å². The van der Waals surface area contributed by atoms with E-state index >= 15 is 0 Å². The fourth-order valence-corrected chi connectivity index (χ4v) is 3.66. The number of carbonyl (C=O) groups is 1. The third-order valence-electron chi connectivity index (χ3n) is 3.47. The van der Waals surface area contributed by atoms with Gasteiger partial charge in [0, 0.05) is 21.5 Å². The van der Waals surface area contributed by atoms with E-state index in [2.05, 4.69) is 27.3 Å². The molecule has 0 bridgehead atoms. The Morgan fingerprint density at radius 2 is 2.18 bits per heavy atom. The average molecular weight is 378 g/mol. The van der Waals surface area contributed by atoms with Crippen LogP contribution in [-0.2, 0) is 11.2 Å². The van der Waals surface area contributed by atoms with Crippen molar-refractivity contribution in [3.63, 3.8) is 0 Å². The van der Waals surface area contributed by atoms with Gasteiger partial charge >= 0.3 is 0 Å². The standard InChI is InChI=1S/C17H16BrNO2S/c1-11-8-13(18)2-5-16(11)22-10-17(20)19-14-3-4-15-12(9-14)6-7-21-15/h2-5,8-9H,6-7,10H2,1H3,(H,19,20). The van der Waals surface area contributed by atoms with Gasteiger partial charge in [0.2, 0.25) is 5.91 Å². The maximum atomic E-state index is 12.1. The van der Waals surface area contributed by atoms with Gasteiger partial charge in [-0.05, 0) is 54.4 Å². The number of benzene rings is 2. The molecule has 0 unspecified atom stereocenters. The normalized spacial score (nSPS) is 12.6. The minimum absolute atomic E-state index is 0.00573. The van der Waals surface area contributed by atoms with Crippen LogP contribution < -0.4 is 10.1 Å².